The first-order chi connectivity index (χ1) is 11.7. The number of amides is 1. The SMILES string of the molecule is CCC(C)NC(=O)c1ccc(S(=O)(=O)Nc2cccc(C)c2C)cc1. The third kappa shape index (κ3) is 4.60. The van der Waals surface area contributed by atoms with Crippen LogP contribution in [-0.4, -0.2) is 20.4 Å². The minimum absolute atomic E-state index is 0.0712. The normalized spacial score (nSPS) is 12.5. The number of hydrogen-bond acceptors (Lipinski definition) is 3. The average molecular weight is 360 g/mol. The van der Waals surface area contributed by atoms with Gasteiger partial charge in [0.2, 0.25) is 0 Å². The van der Waals surface area contributed by atoms with Gasteiger partial charge in [-0.3, -0.25) is 9.52 Å². The van der Waals surface area contributed by atoms with Gasteiger partial charge in [-0.1, -0.05) is 19.1 Å². The van der Waals surface area contributed by atoms with Gasteiger partial charge in [0.15, 0.2) is 0 Å². The van der Waals surface area contributed by atoms with E-state index in [1.165, 1.54) is 24.3 Å². The zero-order valence-corrected chi connectivity index (χ0v) is 15.8. The molecule has 0 spiro atoms. The molecule has 0 aliphatic carbocycles. The van der Waals surface area contributed by atoms with Crippen molar-refractivity contribution in [3.63, 3.8) is 0 Å². The topological polar surface area (TPSA) is 75.3 Å². The van der Waals surface area contributed by atoms with Crippen LogP contribution in [0.25, 0.3) is 0 Å². The Morgan fingerprint density at radius 2 is 1.72 bits per heavy atom. The monoisotopic (exact) mass is 360 g/mol. The largest absolute Gasteiger partial charge is 0.350 e. The molecule has 0 saturated carbocycles. The highest BCUT2D eigenvalue weighted by Crippen LogP contribution is 2.22. The Morgan fingerprint density at radius 1 is 1.08 bits per heavy atom. The van der Waals surface area contributed by atoms with Crippen LogP contribution in [0, 0.1) is 13.8 Å². The van der Waals surface area contributed by atoms with Crippen molar-refractivity contribution in [1.29, 1.82) is 0 Å². The Hall–Kier alpha value is -2.34. The molecule has 25 heavy (non-hydrogen) atoms. The van der Waals surface area contributed by atoms with E-state index in [4.69, 9.17) is 0 Å². The number of carbonyl (C=O) groups excluding carboxylic acids is 1. The van der Waals surface area contributed by atoms with Crippen molar-refractivity contribution < 1.29 is 13.2 Å². The average Bonchev–Trinajstić information content (AvgIpc) is 2.58. The molecular formula is C19H24N2O3S. The smallest absolute Gasteiger partial charge is 0.261 e. The molecule has 2 rings (SSSR count). The molecule has 0 heterocycles. The van der Waals surface area contributed by atoms with Crippen LogP contribution in [0.3, 0.4) is 0 Å². The van der Waals surface area contributed by atoms with Gasteiger partial charge >= 0.3 is 0 Å². The summed E-state index contributed by atoms with van der Waals surface area (Å²) < 4.78 is 27.7. The summed E-state index contributed by atoms with van der Waals surface area (Å²) in [6.07, 6.45) is 0.831. The van der Waals surface area contributed by atoms with Crippen LogP contribution in [0.2, 0.25) is 0 Å². The molecule has 5 nitrogen and oxygen atoms in total. The quantitative estimate of drug-likeness (QED) is 0.826. The van der Waals surface area contributed by atoms with Crippen LogP contribution in [-0.2, 0) is 10.0 Å². The predicted octanol–water partition coefficient (Wildman–Crippen LogP) is 3.63. The van der Waals surface area contributed by atoms with Gasteiger partial charge in [-0.25, -0.2) is 8.42 Å². The Labute approximate surface area is 149 Å². The van der Waals surface area contributed by atoms with E-state index in [1.54, 1.807) is 6.07 Å². The number of anilines is 1. The summed E-state index contributed by atoms with van der Waals surface area (Å²) in [4.78, 5) is 12.2. The highest BCUT2D eigenvalue weighted by molar-refractivity contribution is 7.92. The van der Waals surface area contributed by atoms with E-state index >= 15 is 0 Å². The summed E-state index contributed by atoms with van der Waals surface area (Å²) in [6, 6.07) is 11.5. The summed E-state index contributed by atoms with van der Waals surface area (Å²) in [7, 11) is -3.70. The standard InChI is InChI=1S/C19H24N2O3S/c1-5-14(3)20-19(22)16-9-11-17(12-10-16)25(23,24)21-18-8-6-7-13(2)15(18)4/h6-12,14,21H,5H2,1-4H3,(H,20,22). The lowest BCUT2D eigenvalue weighted by atomic mass is 10.1. The Morgan fingerprint density at radius 3 is 2.32 bits per heavy atom. The van der Waals surface area contributed by atoms with Gasteiger partial charge < -0.3 is 5.32 Å². The number of nitrogens with one attached hydrogen (secondary N) is 2. The van der Waals surface area contributed by atoms with Crippen molar-refractivity contribution in [2.24, 2.45) is 0 Å². The van der Waals surface area contributed by atoms with Crippen molar-refractivity contribution in [3.05, 3.63) is 59.2 Å². The predicted molar refractivity (Wildman–Crippen MR) is 100 cm³/mol. The highest BCUT2D eigenvalue weighted by Gasteiger charge is 2.17. The van der Waals surface area contributed by atoms with E-state index in [0.717, 1.165) is 17.5 Å². The second-order valence-corrected chi connectivity index (χ2v) is 7.84. The zero-order chi connectivity index (χ0) is 18.6. The van der Waals surface area contributed by atoms with Gasteiger partial charge in [-0.15, -0.1) is 0 Å². The number of aryl methyl sites for hydroxylation is 1. The second kappa shape index (κ2) is 7.70. The number of benzene rings is 2. The Kier molecular flexibility index (Phi) is 5.85. The maximum atomic E-state index is 12.6. The maximum absolute atomic E-state index is 12.6. The molecule has 0 aliphatic heterocycles. The maximum Gasteiger partial charge on any atom is 0.261 e. The number of rotatable bonds is 6. The molecule has 2 aromatic rings. The molecule has 1 amide bonds. The van der Waals surface area contributed by atoms with E-state index in [9.17, 15) is 13.2 Å². The lowest BCUT2D eigenvalue weighted by molar-refractivity contribution is 0.0939. The minimum atomic E-state index is -3.70. The molecule has 0 fully saturated rings. The van der Waals surface area contributed by atoms with E-state index < -0.39 is 10.0 Å². The van der Waals surface area contributed by atoms with Gasteiger partial charge in [0.05, 0.1) is 10.6 Å². The molecule has 0 bridgehead atoms. The van der Waals surface area contributed by atoms with Gasteiger partial charge in [-0.2, -0.15) is 0 Å². The molecule has 1 atom stereocenters. The lowest BCUT2D eigenvalue weighted by Gasteiger charge is -2.13. The van der Waals surface area contributed by atoms with Crippen molar-refractivity contribution in [2.45, 2.75) is 45.1 Å². The van der Waals surface area contributed by atoms with E-state index in [-0.39, 0.29) is 16.8 Å². The summed E-state index contributed by atoms with van der Waals surface area (Å²) in [5, 5.41) is 2.85. The van der Waals surface area contributed by atoms with E-state index in [2.05, 4.69) is 10.0 Å². The summed E-state index contributed by atoms with van der Waals surface area (Å²) in [5.74, 6) is -0.208. The number of carbonyl (C=O) groups is 1. The third-order valence-electron chi connectivity index (χ3n) is 4.27. The van der Waals surface area contributed by atoms with Crippen LogP contribution in [0.15, 0.2) is 47.4 Å². The van der Waals surface area contributed by atoms with Crippen molar-refractivity contribution in [3.8, 4) is 0 Å². The van der Waals surface area contributed by atoms with Crippen LogP contribution < -0.4 is 10.0 Å². The van der Waals surface area contributed by atoms with Crippen LogP contribution >= 0.6 is 0 Å². The van der Waals surface area contributed by atoms with Gasteiger partial charge in [0.25, 0.3) is 15.9 Å². The fourth-order valence-corrected chi connectivity index (χ4v) is 3.38. The summed E-state index contributed by atoms with van der Waals surface area (Å²) in [5.41, 5.74) is 2.89. The van der Waals surface area contributed by atoms with Crippen molar-refractivity contribution >= 4 is 21.6 Å². The van der Waals surface area contributed by atoms with Crippen LogP contribution in [0.4, 0.5) is 5.69 Å². The van der Waals surface area contributed by atoms with Crippen molar-refractivity contribution in [1.82, 2.24) is 5.32 Å². The molecule has 0 aliphatic rings. The molecule has 0 radical (unpaired) electrons. The van der Waals surface area contributed by atoms with Gasteiger partial charge in [0.1, 0.15) is 0 Å². The molecule has 2 aromatic carbocycles. The minimum Gasteiger partial charge on any atom is -0.350 e. The zero-order valence-electron chi connectivity index (χ0n) is 15.0. The summed E-state index contributed by atoms with van der Waals surface area (Å²) in [6.45, 7) is 7.71. The van der Waals surface area contributed by atoms with Gasteiger partial charge in [0, 0.05) is 11.6 Å². The molecule has 0 aromatic heterocycles. The first kappa shape index (κ1) is 19.0. The molecular weight excluding hydrogens is 336 g/mol. The fraction of sp³-hybridized carbons (Fsp3) is 0.316. The second-order valence-electron chi connectivity index (χ2n) is 6.16. The first-order valence-electron chi connectivity index (χ1n) is 8.24. The molecule has 2 N–H and O–H groups in total. The summed E-state index contributed by atoms with van der Waals surface area (Å²) >= 11 is 0. The first-order valence-corrected chi connectivity index (χ1v) is 9.73. The molecule has 134 valence electrons. The lowest BCUT2D eigenvalue weighted by Crippen LogP contribution is -2.31. The highest BCUT2D eigenvalue weighted by atomic mass is 32.2. The number of sulfonamides is 1. The molecule has 1 unspecified atom stereocenters. The van der Waals surface area contributed by atoms with E-state index in [0.29, 0.717) is 11.3 Å². The van der Waals surface area contributed by atoms with Gasteiger partial charge in [-0.05, 0) is 68.7 Å². The van der Waals surface area contributed by atoms with Crippen molar-refractivity contribution in [2.75, 3.05) is 4.72 Å². The third-order valence-corrected chi connectivity index (χ3v) is 5.65. The molecule has 6 heteroatoms. The number of hydrogen-bond donors (Lipinski definition) is 2. The van der Waals surface area contributed by atoms with Crippen LogP contribution in [0.1, 0.15) is 41.8 Å². The van der Waals surface area contributed by atoms with E-state index in [1.807, 2.05) is 39.8 Å². The van der Waals surface area contributed by atoms with Crippen LogP contribution in [0.5, 0.6) is 0 Å². The Balaban J connectivity index is 2.20. The molecule has 0 saturated heterocycles. The fourth-order valence-electron chi connectivity index (χ4n) is 2.26. The Bertz CT molecular complexity index is 859.